The Kier molecular flexibility index (Phi) is 5.39. The summed E-state index contributed by atoms with van der Waals surface area (Å²) >= 11 is 6.16. The molecule has 2 aromatic rings. The van der Waals surface area contributed by atoms with Gasteiger partial charge in [0.05, 0.1) is 0 Å². The van der Waals surface area contributed by atoms with Crippen LogP contribution in [0.2, 0.25) is 5.02 Å². The molecule has 1 N–H and O–H groups in total. The van der Waals surface area contributed by atoms with E-state index in [0.717, 1.165) is 24.7 Å². The van der Waals surface area contributed by atoms with Crippen LogP contribution < -0.4 is 10.2 Å². The maximum Gasteiger partial charge on any atom is 0.0430 e. The van der Waals surface area contributed by atoms with Gasteiger partial charge in [-0.3, -0.25) is 4.98 Å². The average Bonchev–Trinajstić information content (AvgIpc) is 2.48. The monoisotopic (exact) mass is 289 g/mol. The van der Waals surface area contributed by atoms with Gasteiger partial charge >= 0.3 is 0 Å². The van der Waals surface area contributed by atoms with Gasteiger partial charge in [-0.25, -0.2) is 0 Å². The van der Waals surface area contributed by atoms with Crippen molar-refractivity contribution in [3.8, 4) is 0 Å². The lowest BCUT2D eigenvalue weighted by Gasteiger charge is -2.26. The Bertz CT molecular complexity index is 543. The Morgan fingerprint density at radius 1 is 1.20 bits per heavy atom. The van der Waals surface area contributed by atoms with Crippen molar-refractivity contribution < 1.29 is 0 Å². The molecule has 2 rings (SSSR count). The van der Waals surface area contributed by atoms with Crippen molar-refractivity contribution >= 4 is 17.3 Å². The number of halogens is 1. The number of hydrogen-bond acceptors (Lipinski definition) is 3. The summed E-state index contributed by atoms with van der Waals surface area (Å²) in [4.78, 5) is 6.39. The van der Waals surface area contributed by atoms with Crippen molar-refractivity contribution in [1.29, 1.82) is 0 Å². The quantitative estimate of drug-likeness (QED) is 0.882. The third-order valence-corrected chi connectivity index (χ3v) is 3.49. The minimum absolute atomic E-state index is 0.771. The summed E-state index contributed by atoms with van der Waals surface area (Å²) in [5.74, 6) is 0. The number of rotatable bonds is 6. The largest absolute Gasteiger partial charge is 0.367 e. The average molecular weight is 290 g/mol. The van der Waals surface area contributed by atoms with Crippen LogP contribution >= 0.6 is 11.6 Å². The van der Waals surface area contributed by atoms with Crippen LogP contribution in [0.15, 0.2) is 42.7 Å². The van der Waals surface area contributed by atoms with E-state index >= 15 is 0 Å². The first-order chi connectivity index (χ1) is 9.74. The highest BCUT2D eigenvalue weighted by atomic mass is 35.5. The Hall–Kier alpha value is -1.58. The molecule has 3 nitrogen and oxygen atoms in total. The first kappa shape index (κ1) is 14.8. The second-order valence-electron chi connectivity index (χ2n) is 4.67. The van der Waals surface area contributed by atoms with Crippen molar-refractivity contribution in [1.82, 2.24) is 10.3 Å². The Labute approximate surface area is 125 Å². The SMILES string of the molecule is CCN(Cc1ccncc1)c1cc(Cl)ccc1CNC. The molecule has 0 radical (unpaired) electrons. The molecule has 0 amide bonds. The van der Waals surface area contributed by atoms with Crippen LogP contribution in [-0.2, 0) is 13.1 Å². The third kappa shape index (κ3) is 3.71. The fraction of sp³-hybridized carbons (Fsp3) is 0.312. The van der Waals surface area contributed by atoms with Crippen LogP contribution in [0.4, 0.5) is 5.69 Å². The molecular weight excluding hydrogens is 270 g/mol. The summed E-state index contributed by atoms with van der Waals surface area (Å²) in [6, 6.07) is 10.2. The molecule has 0 bridgehead atoms. The molecule has 0 saturated carbocycles. The molecule has 1 aromatic heterocycles. The van der Waals surface area contributed by atoms with E-state index in [1.165, 1.54) is 16.8 Å². The molecule has 106 valence electrons. The Balaban J connectivity index is 2.28. The number of anilines is 1. The van der Waals surface area contributed by atoms with Crippen LogP contribution in [0.1, 0.15) is 18.1 Å². The first-order valence-electron chi connectivity index (χ1n) is 6.81. The normalized spacial score (nSPS) is 10.6. The van der Waals surface area contributed by atoms with E-state index < -0.39 is 0 Å². The smallest absolute Gasteiger partial charge is 0.0430 e. The molecule has 0 aliphatic rings. The van der Waals surface area contributed by atoms with E-state index in [2.05, 4.69) is 28.2 Å². The third-order valence-electron chi connectivity index (χ3n) is 3.26. The highest BCUT2D eigenvalue weighted by Gasteiger charge is 2.11. The molecule has 0 fully saturated rings. The Morgan fingerprint density at radius 2 is 1.95 bits per heavy atom. The predicted octanol–water partition coefficient (Wildman–Crippen LogP) is 3.48. The Morgan fingerprint density at radius 3 is 2.60 bits per heavy atom. The van der Waals surface area contributed by atoms with Crippen LogP contribution in [0.5, 0.6) is 0 Å². The van der Waals surface area contributed by atoms with Crippen molar-refractivity contribution in [2.75, 3.05) is 18.5 Å². The van der Waals surface area contributed by atoms with Crippen LogP contribution in [0, 0.1) is 0 Å². The summed E-state index contributed by atoms with van der Waals surface area (Å²) in [5.41, 5.74) is 3.69. The van der Waals surface area contributed by atoms with Gasteiger partial charge in [-0.05, 0) is 49.4 Å². The molecule has 0 aliphatic carbocycles. The van der Waals surface area contributed by atoms with Gasteiger partial charge in [-0.15, -0.1) is 0 Å². The molecule has 4 heteroatoms. The first-order valence-corrected chi connectivity index (χ1v) is 7.19. The van der Waals surface area contributed by atoms with E-state index in [4.69, 9.17) is 11.6 Å². The fourth-order valence-corrected chi connectivity index (χ4v) is 2.41. The summed E-state index contributed by atoms with van der Waals surface area (Å²) in [7, 11) is 1.96. The van der Waals surface area contributed by atoms with Crippen molar-refractivity contribution in [3.63, 3.8) is 0 Å². The van der Waals surface area contributed by atoms with Crippen molar-refractivity contribution in [2.45, 2.75) is 20.0 Å². The standard InChI is InChI=1S/C16H20ClN3/c1-3-20(12-13-6-8-19-9-7-13)16-10-15(17)5-4-14(16)11-18-2/h4-10,18H,3,11-12H2,1-2H3. The van der Waals surface area contributed by atoms with Crippen LogP contribution in [-0.4, -0.2) is 18.6 Å². The molecule has 0 saturated heterocycles. The zero-order chi connectivity index (χ0) is 14.4. The molecule has 1 aromatic carbocycles. The minimum Gasteiger partial charge on any atom is -0.367 e. The number of nitrogens with one attached hydrogen (secondary N) is 1. The van der Waals surface area contributed by atoms with Crippen molar-refractivity contribution in [3.05, 3.63) is 58.9 Å². The van der Waals surface area contributed by atoms with E-state index in [1.807, 2.05) is 43.7 Å². The van der Waals surface area contributed by atoms with Crippen molar-refractivity contribution in [2.24, 2.45) is 0 Å². The van der Waals surface area contributed by atoms with Gasteiger partial charge < -0.3 is 10.2 Å². The number of benzene rings is 1. The lowest BCUT2D eigenvalue weighted by Crippen LogP contribution is -2.24. The van der Waals surface area contributed by atoms with Gasteiger partial charge in [-0.2, -0.15) is 0 Å². The topological polar surface area (TPSA) is 28.2 Å². The number of aromatic nitrogens is 1. The molecule has 0 unspecified atom stereocenters. The van der Waals surface area contributed by atoms with Gasteiger partial charge in [0.15, 0.2) is 0 Å². The van der Waals surface area contributed by atoms with Gasteiger partial charge in [0, 0.05) is 42.7 Å². The minimum atomic E-state index is 0.771. The van der Waals surface area contributed by atoms with Gasteiger partial charge in [0.25, 0.3) is 0 Å². The highest BCUT2D eigenvalue weighted by molar-refractivity contribution is 6.30. The lowest BCUT2D eigenvalue weighted by molar-refractivity contribution is 0.784. The second kappa shape index (κ2) is 7.27. The van der Waals surface area contributed by atoms with Crippen LogP contribution in [0.3, 0.4) is 0 Å². The van der Waals surface area contributed by atoms with E-state index in [9.17, 15) is 0 Å². The van der Waals surface area contributed by atoms with E-state index in [0.29, 0.717) is 0 Å². The van der Waals surface area contributed by atoms with Gasteiger partial charge in [0.2, 0.25) is 0 Å². The maximum atomic E-state index is 6.16. The van der Waals surface area contributed by atoms with Gasteiger partial charge in [-0.1, -0.05) is 17.7 Å². The number of nitrogens with zero attached hydrogens (tertiary/aromatic N) is 2. The zero-order valence-electron chi connectivity index (χ0n) is 11.9. The number of pyridine rings is 1. The molecule has 0 atom stereocenters. The molecule has 0 aliphatic heterocycles. The fourth-order valence-electron chi connectivity index (χ4n) is 2.25. The highest BCUT2D eigenvalue weighted by Crippen LogP contribution is 2.26. The second-order valence-corrected chi connectivity index (χ2v) is 5.11. The van der Waals surface area contributed by atoms with Crippen LogP contribution in [0.25, 0.3) is 0 Å². The maximum absolute atomic E-state index is 6.16. The van der Waals surface area contributed by atoms with E-state index in [-0.39, 0.29) is 0 Å². The molecule has 1 heterocycles. The summed E-state index contributed by atoms with van der Waals surface area (Å²) in [5, 5.41) is 3.98. The van der Waals surface area contributed by atoms with E-state index in [1.54, 1.807) is 0 Å². The molecule has 20 heavy (non-hydrogen) atoms. The lowest BCUT2D eigenvalue weighted by atomic mass is 10.1. The summed E-state index contributed by atoms with van der Waals surface area (Å²) in [6.45, 7) is 4.78. The molecular formula is C16H20ClN3. The number of hydrogen-bond donors (Lipinski definition) is 1. The summed E-state index contributed by atoms with van der Waals surface area (Å²) in [6.07, 6.45) is 3.66. The predicted molar refractivity (Wildman–Crippen MR) is 85.2 cm³/mol. The molecule has 0 spiro atoms. The zero-order valence-corrected chi connectivity index (χ0v) is 12.7. The summed E-state index contributed by atoms with van der Waals surface area (Å²) < 4.78 is 0. The van der Waals surface area contributed by atoms with Gasteiger partial charge in [0.1, 0.15) is 0 Å².